The number of phenols is 1. The average molecular weight is 339 g/mol. The first-order chi connectivity index (χ1) is 11.9. The van der Waals surface area contributed by atoms with E-state index < -0.39 is 22.3 Å². The fraction of sp³-hybridized carbons (Fsp3) is 0.0588. The molecule has 0 aliphatic rings. The molecule has 0 fully saturated rings. The van der Waals surface area contributed by atoms with Crippen LogP contribution in [0, 0.1) is 17.0 Å². The van der Waals surface area contributed by atoms with Crippen molar-refractivity contribution in [2.24, 2.45) is 0 Å². The summed E-state index contributed by atoms with van der Waals surface area (Å²) in [5.41, 5.74) is 1.00. The molecule has 0 spiro atoms. The van der Waals surface area contributed by atoms with Crippen molar-refractivity contribution >= 4 is 11.7 Å². The molecule has 2 N–H and O–H groups in total. The van der Waals surface area contributed by atoms with Gasteiger partial charge in [0, 0.05) is 11.6 Å². The van der Waals surface area contributed by atoms with Crippen molar-refractivity contribution in [3.8, 4) is 22.7 Å². The molecule has 0 radical (unpaired) electrons. The quantitative estimate of drug-likeness (QED) is 0.557. The van der Waals surface area contributed by atoms with Gasteiger partial charge in [0.15, 0.2) is 5.75 Å². The van der Waals surface area contributed by atoms with Crippen LogP contribution in [0.2, 0.25) is 0 Å². The van der Waals surface area contributed by atoms with Gasteiger partial charge in [0.25, 0.3) is 0 Å². The number of aromatic nitrogens is 2. The van der Waals surface area contributed by atoms with Gasteiger partial charge in [-0.3, -0.25) is 10.1 Å². The zero-order chi connectivity index (χ0) is 18.1. The van der Waals surface area contributed by atoms with E-state index in [0.29, 0.717) is 11.4 Å². The SMILES string of the molecule is Cc1c(C(=O)O)c(-c2ccc([N+](=O)[O-])c(O)c2)nn1-c1ccccc1. The summed E-state index contributed by atoms with van der Waals surface area (Å²) in [4.78, 5) is 21.8. The number of aromatic carboxylic acids is 1. The molecule has 0 bridgehead atoms. The molecule has 8 heteroatoms. The van der Waals surface area contributed by atoms with Gasteiger partial charge < -0.3 is 10.2 Å². The van der Waals surface area contributed by atoms with E-state index in [2.05, 4.69) is 5.10 Å². The van der Waals surface area contributed by atoms with Gasteiger partial charge in [0.2, 0.25) is 0 Å². The van der Waals surface area contributed by atoms with Gasteiger partial charge in [0.1, 0.15) is 11.3 Å². The first-order valence-electron chi connectivity index (χ1n) is 7.26. The molecule has 0 saturated heterocycles. The Labute approximate surface area is 141 Å². The van der Waals surface area contributed by atoms with Gasteiger partial charge in [0.05, 0.1) is 16.3 Å². The van der Waals surface area contributed by atoms with Crippen molar-refractivity contribution in [2.75, 3.05) is 0 Å². The third-order valence-corrected chi connectivity index (χ3v) is 3.78. The topological polar surface area (TPSA) is 118 Å². The minimum absolute atomic E-state index is 0.0305. The summed E-state index contributed by atoms with van der Waals surface area (Å²) >= 11 is 0. The number of aromatic hydroxyl groups is 1. The number of carboxylic acids is 1. The van der Waals surface area contributed by atoms with E-state index in [1.54, 1.807) is 31.2 Å². The number of rotatable bonds is 4. The standard InChI is InChI=1S/C17H13N3O5/c1-10-15(17(22)23)16(18-19(10)12-5-3-2-4-6-12)11-7-8-13(20(24)25)14(21)9-11/h2-9,21H,1H3,(H,22,23). The van der Waals surface area contributed by atoms with Crippen LogP contribution in [0.4, 0.5) is 5.69 Å². The lowest BCUT2D eigenvalue weighted by molar-refractivity contribution is -0.385. The summed E-state index contributed by atoms with van der Waals surface area (Å²) in [6.45, 7) is 1.62. The molecular weight excluding hydrogens is 326 g/mol. The zero-order valence-electron chi connectivity index (χ0n) is 13.1. The summed E-state index contributed by atoms with van der Waals surface area (Å²) in [6.07, 6.45) is 0. The number of para-hydroxylation sites is 1. The van der Waals surface area contributed by atoms with Gasteiger partial charge in [-0.05, 0) is 31.2 Å². The van der Waals surface area contributed by atoms with Crippen molar-refractivity contribution in [1.29, 1.82) is 0 Å². The highest BCUT2D eigenvalue weighted by molar-refractivity contribution is 5.96. The molecule has 0 amide bonds. The van der Waals surface area contributed by atoms with E-state index in [9.17, 15) is 25.1 Å². The molecule has 1 aromatic heterocycles. The third kappa shape index (κ3) is 2.80. The molecule has 1 heterocycles. The van der Waals surface area contributed by atoms with Gasteiger partial charge in [-0.2, -0.15) is 5.10 Å². The minimum atomic E-state index is -1.17. The largest absolute Gasteiger partial charge is 0.502 e. The van der Waals surface area contributed by atoms with Crippen LogP contribution < -0.4 is 0 Å². The van der Waals surface area contributed by atoms with Crippen LogP contribution in [0.3, 0.4) is 0 Å². The second-order valence-electron chi connectivity index (χ2n) is 5.32. The minimum Gasteiger partial charge on any atom is -0.502 e. The molecule has 0 atom stereocenters. The molecule has 0 saturated carbocycles. The van der Waals surface area contributed by atoms with Crippen LogP contribution in [0.5, 0.6) is 5.75 Å². The highest BCUT2D eigenvalue weighted by atomic mass is 16.6. The fourth-order valence-electron chi connectivity index (χ4n) is 2.61. The lowest BCUT2D eigenvalue weighted by Crippen LogP contribution is -2.02. The molecule has 0 aliphatic carbocycles. The highest BCUT2D eigenvalue weighted by Crippen LogP contribution is 2.33. The molecule has 3 aromatic rings. The number of phenolic OH excluding ortho intramolecular Hbond substituents is 1. The van der Waals surface area contributed by atoms with Crippen molar-refractivity contribution in [3.63, 3.8) is 0 Å². The van der Waals surface area contributed by atoms with E-state index in [1.807, 2.05) is 6.07 Å². The normalized spacial score (nSPS) is 10.6. The summed E-state index contributed by atoms with van der Waals surface area (Å²) in [6, 6.07) is 12.6. The number of nitro benzene ring substituents is 1. The number of hydrogen-bond donors (Lipinski definition) is 2. The van der Waals surface area contributed by atoms with Crippen molar-refractivity contribution in [3.05, 3.63) is 69.9 Å². The van der Waals surface area contributed by atoms with Gasteiger partial charge in [-0.15, -0.1) is 0 Å². The first kappa shape index (κ1) is 16.2. The molecular formula is C17H13N3O5. The predicted octanol–water partition coefficient (Wildman–Crippen LogP) is 3.16. The monoisotopic (exact) mass is 339 g/mol. The Bertz CT molecular complexity index is 979. The fourth-order valence-corrected chi connectivity index (χ4v) is 2.61. The Morgan fingerprint density at radius 2 is 1.88 bits per heavy atom. The summed E-state index contributed by atoms with van der Waals surface area (Å²) in [5, 5.41) is 34.5. The zero-order valence-corrected chi connectivity index (χ0v) is 13.1. The van der Waals surface area contributed by atoms with E-state index in [0.717, 1.165) is 12.1 Å². The Kier molecular flexibility index (Phi) is 3.94. The second kappa shape index (κ2) is 6.08. The average Bonchev–Trinajstić information content (AvgIpc) is 2.92. The van der Waals surface area contributed by atoms with Gasteiger partial charge in [-0.25, -0.2) is 9.48 Å². The van der Waals surface area contributed by atoms with Crippen LogP contribution in [-0.2, 0) is 0 Å². The Morgan fingerprint density at radius 1 is 1.20 bits per heavy atom. The van der Waals surface area contributed by atoms with Crippen molar-refractivity contribution < 1.29 is 19.9 Å². The Hall–Kier alpha value is -3.68. The second-order valence-corrected chi connectivity index (χ2v) is 5.32. The van der Waals surface area contributed by atoms with Crippen molar-refractivity contribution in [1.82, 2.24) is 9.78 Å². The number of benzene rings is 2. The highest BCUT2D eigenvalue weighted by Gasteiger charge is 2.24. The number of hydrogen-bond acceptors (Lipinski definition) is 5. The molecule has 0 aliphatic heterocycles. The summed E-state index contributed by atoms with van der Waals surface area (Å²) in [7, 11) is 0. The van der Waals surface area contributed by atoms with Crippen LogP contribution in [0.15, 0.2) is 48.5 Å². The number of carboxylic acid groups (broad SMARTS) is 1. The smallest absolute Gasteiger partial charge is 0.339 e. The molecule has 3 rings (SSSR count). The molecule has 2 aromatic carbocycles. The van der Waals surface area contributed by atoms with Gasteiger partial charge in [-0.1, -0.05) is 18.2 Å². The Morgan fingerprint density at radius 3 is 2.44 bits per heavy atom. The van der Waals surface area contributed by atoms with Crippen LogP contribution >= 0.6 is 0 Å². The lowest BCUT2D eigenvalue weighted by Gasteiger charge is -2.03. The third-order valence-electron chi connectivity index (χ3n) is 3.78. The molecule has 8 nitrogen and oxygen atoms in total. The van der Waals surface area contributed by atoms with Gasteiger partial charge >= 0.3 is 11.7 Å². The number of nitrogens with zero attached hydrogens (tertiary/aromatic N) is 3. The summed E-state index contributed by atoms with van der Waals surface area (Å²) < 4.78 is 1.48. The Balaban J connectivity index is 2.21. The first-order valence-corrected chi connectivity index (χ1v) is 7.26. The van der Waals surface area contributed by atoms with E-state index in [4.69, 9.17) is 0 Å². The summed E-state index contributed by atoms with van der Waals surface area (Å²) in [5.74, 6) is -1.72. The molecule has 25 heavy (non-hydrogen) atoms. The van der Waals surface area contributed by atoms with Crippen LogP contribution in [0.25, 0.3) is 16.9 Å². The van der Waals surface area contributed by atoms with E-state index in [-0.39, 0.29) is 16.8 Å². The van der Waals surface area contributed by atoms with E-state index >= 15 is 0 Å². The molecule has 0 unspecified atom stereocenters. The predicted molar refractivity (Wildman–Crippen MR) is 89.0 cm³/mol. The maximum Gasteiger partial charge on any atom is 0.339 e. The van der Waals surface area contributed by atoms with E-state index in [1.165, 1.54) is 10.7 Å². The van der Waals surface area contributed by atoms with Crippen molar-refractivity contribution in [2.45, 2.75) is 6.92 Å². The maximum absolute atomic E-state index is 11.7. The maximum atomic E-state index is 11.7. The van der Waals surface area contributed by atoms with Crippen LogP contribution in [0.1, 0.15) is 16.1 Å². The lowest BCUT2D eigenvalue weighted by atomic mass is 10.1. The number of carbonyl (C=O) groups is 1. The molecule has 126 valence electrons. The van der Waals surface area contributed by atoms with Crippen LogP contribution in [-0.4, -0.2) is 30.9 Å². The number of nitro groups is 1.